The lowest BCUT2D eigenvalue weighted by atomic mass is 10.1. The first-order valence-corrected chi connectivity index (χ1v) is 48.4. The average Bonchev–Trinajstić information content (AvgIpc) is 1.65. The van der Waals surface area contributed by atoms with Gasteiger partial charge in [0.2, 0.25) is 0 Å². The number of benzene rings is 10. The molecule has 2 saturated heterocycles. The van der Waals surface area contributed by atoms with Crippen LogP contribution < -0.4 is 0 Å². The lowest BCUT2D eigenvalue weighted by Crippen LogP contribution is -2.23. The van der Waals surface area contributed by atoms with Crippen molar-refractivity contribution in [3.05, 3.63) is 378 Å². The Balaban J connectivity index is 0.000000108. The standard InChI is InChI=1S/C24H22ClN5.2C22H17ClN6.C22H19ClN4O.C20H17ClN4/c1-17-9-8-14-29(17)15-16-30-24-20(22(28-30)18-10-4-2-5-11-18)21(25)23(26-27-24)19-12-6-3-7-13-19;1-28-14-24-12-17(28)13-29-22-18(20(27-29)15-8-4-2-5-9-15)19(23)21(25-26-22)16-10-6-3-7-11-16;23-19-18-20(16-7-3-1-4-8-16)27-29(14-13-28-12-11-24-15-28)22(18)26-25-21(19)17-9-5-2-6-10-17;23-19-18-20(15-7-3-1-4-8-15)26-27(17-11-13-28-14-12-17)22(18)25-24-21(19)16-9-5-2-6-10-16;1-2-13-25-20-16(18(24-25)14-9-5-3-6-10-14)17(21)19(22-23-20)15-11-7-4-8-12-15/h2-7,10-13H,1,8-9,14-16H2;2-12,14H,13H2,1H3;1-12,15H,13-14H2;1-10,17H,11-14H2;3-12H,2,13H2,1H3. The molecule has 22 aromatic rings. The Morgan fingerprint density at radius 3 is 0.929 bits per heavy atom. The quantitative estimate of drug-likeness (QED) is 0.0647. The molecular weight excluding hydrogens is 1860 g/mol. The van der Waals surface area contributed by atoms with Crippen molar-refractivity contribution in [2.45, 2.75) is 77.8 Å². The largest absolute Gasteiger partial charge is 0.381 e. The van der Waals surface area contributed by atoms with Gasteiger partial charge < -0.3 is 18.8 Å². The van der Waals surface area contributed by atoms with Gasteiger partial charge >= 0.3 is 0 Å². The molecule has 0 N–H and O–H groups in total. The van der Waals surface area contributed by atoms with E-state index >= 15 is 0 Å². The summed E-state index contributed by atoms with van der Waals surface area (Å²) in [5.74, 6) is 0. The summed E-state index contributed by atoms with van der Waals surface area (Å²) in [5.41, 5.74) is 22.9. The van der Waals surface area contributed by atoms with Gasteiger partial charge in [-0.25, -0.2) is 33.4 Å². The van der Waals surface area contributed by atoms with Crippen LogP contribution in [0.15, 0.2) is 347 Å². The van der Waals surface area contributed by atoms with E-state index in [4.69, 9.17) is 88.2 Å². The van der Waals surface area contributed by atoms with Crippen LogP contribution in [0.1, 0.15) is 50.8 Å². The highest BCUT2D eigenvalue weighted by molar-refractivity contribution is 6.41. The second kappa shape index (κ2) is 43.2. The van der Waals surface area contributed by atoms with Gasteiger partial charge in [0.15, 0.2) is 28.2 Å². The third-order valence-electron chi connectivity index (χ3n) is 24.7. The molecule has 26 nitrogen and oxygen atoms in total. The van der Waals surface area contributed by atoms with Gasteiger partial charge in [0.1, 0.15) is 56.9 Å². The number of nitrogens with zero attached hydrogens (tertiary/aromatic N) is 25. The number of halogens is 5. The van der Waals surface area contributed by atoms with Crippen LogP contribution in [0.25, 0.3) is 168 Å². The van der Waals surface area contributed by atoms with E-state index in [2.05, 4.69) is 91.5 Å². The number of rotatable bonds is 21. The molecular formula is C110H92Cl5N25O. The number of hydrogen-bond donors (Lipinski definition) is 0. The summed E-state index contributed by atoms with van der Waals surface area (Å²) in [7, 11) is 1.96. The van der Waals surface area contributed by atoms with Gasteiger partial charge in [-0.3, -0.25) is 0 Å². The molecule has 0 aliphatic carbocycles. The van der Waals surface area contributed by atoms with Gasteiger partial charge in [-0.05, 0) is 32.1 Å². The minimum atomic E-state index is 0.238. The lowest BCUT2D eigenvalue weighted by molar-refractivity contribution is 0.0673. The molecule has 0 spiro atoms. The summed E-state index contributed by atoms with van der Waals surface area (Å²) < 4.78 is 19.0. The SMILES string of the molecule is C=C1CCCN1CCn1nc(-c2ccccc2)c2c(Cl)c(-c3ccccc3)nnc21.CCCn1nc(-c2ccccc2)c2c(Cl)c(-c3ccccc3)nnc21.Clc1c(-c2ccccc2)nnc2c1c(-c1ccccc1)nn2C1CCOCC1.Clc1c(-c2ccccc2)nnc2c1c(-c1ccccc1)nn2CCn1ccnc1.Cn1cncc1Cn1nc(-c2ccccc2)c2c(Cl)c(-c3ccccc3)nnc21. The third kappa shape index (κ3) is 20.0. The second-order valence-electron chi connectivity index (χ2n) is 33.8. The van der Waals surface area contributed by atoms with Crippen molar-refractivity contribution < 1.29 is 4.74 Å². The number of fused-ring (bicyclic) bond motifs is 5. The van der Waals surface area contributed by atoms with E-state index in [0.717, 1.165) is 193 Å². The predicted octanol–water partition coefficient (Wildman–Crippen LogP) is 25.1. The minimum absolute atomic E-state index is 0.238. The smallest absolute Gasteiger partial charge is 0.182 e. The topological polar surface area (TPSA) is 266 Å². The van der Waals surface area contributed by atoms with Crippen molar-refractivity contribution in [3.8, 4) is 113 Å². The maximum atomic E-state index is 6.91. The normalized spacial score (nSPS) is 12.6. The first-order chi connectivity index (χ1) is 69.4. The van der Waals surface area contributed by atoms with E-state index < -0.39 is 0 Å². The summed E-state index contributed by atoms with van der Waals surface area (Å²) in [6.45, 7) is 13.0. The average molecular weight is 1960 g/mol. The van der Waals surface area contributed by atoms with Crippen molar-refractivity contribution in [3.63, 3.8) is 0 Å². The third-order valence-corrected chi connectivity index (χ3v) is 26.5. The first-order valence-electron chi connectivity index (χ1n) is 46.5. The Hall–Kier alpha value is -15.7. The zero-order valence-corrected chi connectivity index (χ0v) is 80.7. The lowest BCUT2D eigenvalue weighted by Gasteiger charge is -2.22. The zero-order chi connectivity index (χ0) is 96.1. The van der Waals surface area contributed by atoms with Gasteiger partial charge in [0.25, 0.3) is 0 Å². The number of aryl methyl sites for hydroxylation is 4. The van der Waals surface area contributed by atoms with Gasteiger partial charge in [0.05, 0.1) is 102 Å². The molecule has 0 bridgehead atoms. The molecule has 10 aromatic carbocycles. The fourth-order valence-corrected chi connectivity index (χ4v) is 19.1. The van der Waals surface area contributed by atoms with Crippen molar-refractivity contribution in [1.29, 1.82) is 0 Å². The highest BCUT2D eigenvalue weighted by Crippen LogP contribution is 2.45. The van der Waals surface area contributed by atoms with Crippen molar-refractivity contribution in [2.75, 3.05) is 26.3 Å². The summed E-state index contributed by atoms with van der Waals surface area (Å²) in [5, 5.41) is 76.2. The Morgan fingerprint density at radius 1 is 0.326 bits per heavy atom. The number of ether oxygens (including phenoxy) is 1. The molecule has 14 heterocycles. The number of likely N-dealkylation sites (tertiary alicyclic amines) is 1. The van der Waals surface area contributed by atoms with Gasteiger partial charge in [-0.1, -0.05) is 375 Å². The molecule has 141 heavy (non-hydrogen) atoms. The van der Waals surface area contributed by atoms with Gasteiger partial charge in [-0.2, -0.15) is 25.5 Å². The Kier molecular flexibility index (Phi) is 28.5. The minimum Gasteiger partial charge on any atom is -0.381 e. The highest BCUT2D eigenvalue weighted by Gasteiger charge is 2.30. The van der Waals surface area contributed by atoms with Crippen LogP contribution in [-0.2, 0) is 44.5 Å². The maximum Gasteiger partial charge on any atom is 0.182 e. The van der Waals surface area contributed by atoms with E-state index in [1.54, 1.807) is 18.9 Å². The molecule has 698 valence electrons. The summed E-state index contributed by atoms with van der Waals surface area (Å²) in [6, 6.07) is 100.0. The monoisotopic (exact) mass is 1950 g/mol. The second-order valence-corrected chi connectivity index (χ2v) is 35.7. The van der Waals surface area contributed by atoms with Crippen molar-refractivity contribution in [2.24, 2.45) is 7.05 Å². The van der Waals surface area contributed by atoms with Gasteiger partial charge in [0, 0.05) is 120 Å². The Morgan fingerprint density at radius 2 is 0.624 bits per heavy atom. The van der Waals surface area contributed by atoms with Crippen LogP contribution in [0.4, 0.5) is 0 Å². The predicted molar refractivity (Wildman–Crippen MR) is 560 cm³/mol. The maximum absolute atomic E-state index is 6.91. The molecule has 0 saturated carbocycles. The van der Waals surface area contributed by atoms with Crippen molar-refractivity contribution >= 4 is 113 Å². The fourth-order valence-electron chi connectivity index (χ4n) is 17.5. The molecule has 0 unspecified atom stereocenters. The van der Waals surface area contributed by atoms with E-state index in [1.165, 1.54) is 12.1 Å². The van der Waals surface area contributed by atoms with E-state index in [0.29, 0.717) is 90.2 Å². The highest BCUT2D eigenvalue weighted by atomic mass is 35.5. The van der Waals surface area contributed by atoms with E-state index in [1.807, 2.05) is 343 Å². The summed E-state index contributed by atoms with van der Waals surface area (Å²) >= 11 is 34.4. The van der Waals surface area contributed by atoms with E-state index in [9.17, 15) is 0 Å². The zero-order valence-electron chi connectivity index (χ0n) is 76.9. The fraction of sp³-hybridized carbons (Fsp3) is 0.155. The number of aromatic nitrogens is 24. The van der Waals surface area contributed by atoms with Gasteiger partial charge in [-0.15, -0.1) is 51.0 Å². The van der Waals surface area contributed by atoms with Crippen LogP contribution in [0.3, 0.4) is 0 Å². The summed E-state index contributed by atoms with van der Waals surface area (Å²) in [4.78, 5) is 10.6. The Labute approximate surface area is 837 Å². The van der Waals surface area contributed by atoms with Crippen LogP contribution in [0.5, 0.6) is 0 Å². The molecule has 2 aliphatic rings. The summed E-state index contributed by atoms with van der Waals surface area (Å²) in [6.07, 6.45) is 14.1. The molecule has 0 amide bonds. The molecule has 2 fully saturated rings. The number of hydrogen-bond acceptors (Lipinski definition) is 19. The molecule has 2 aliphatic heterocycles. The number of allylic oxidation sites excluding steroid dienone is 1. The van der Waals surface area contributed by atoms with Crippen LogP contribution in [-0.4, -0.2) is 150 Å². The number of imidazole rings is 2. The molecule has 24 rings (SSSR count). The van der Waals surface area contributed by atoms with Crippen LogP contribution in [0.2, 0.25) is 25.1 Å². The Bertz CT molecular complexity index is 8060. The van der Waals surface area contributed by atoms with Crippen LogP contribution in [0, 0.1) is 0 Å². The van der Waals surface area contributed by atoms with Crippen molar-refractivity contribution in [1.82, 2.24) is 124 Å². The molecule has 0 atom stereocenters. The van der Waals surface area contributed by atoms with Crippen LogP contribution >= 0.6 is 58.0 Å². The first kappa shape index (κ1) is 93.0. The molecule has 0 radical (unpaired) electrons. The molecule has 31 heteroatoms. The van der Waals surface area contributed by atoms with E-state index in [-0.39, 0.29) is 6.04 Å². The molecule has 12 aromatic heterocycles.